The van der Waals surface area contributed by atoms with Crippen LogP contribution in [-0.2, 0) is 0 Å². The average molecular weight is 391 g/mol. The van der Waals surface area contributed by atoms with Crippen LogP contribution in [-0.4, -0.2) is 11.1 Å². The van der Waals surface area contributed by atoms with Crippen LogP contribution >= 0.6 is 11.6 Å². The molecule has 1 aromatic heterocycles. The van der Waals surface area contributed by atoms with Gasteiger partial charge < -0.3 is 10.5 Å². The molecule has 1 heterocycles. The Morgan fingerprint density at radius 1 is 1.21 bits per heavy atom. The maximum Gasteiger partial charge on any atom is 0.142 e. The number of anilines is 1. The Morgan fingerprint density at radius 2 is 1.93 bits per heavy atom. The molecule has 0 saturated heterocycles. The number of hydrogen-bond acceptors (Lipinski definition) is 5. The average Bonchev–Trinajstić information content (AvgIpc) is 2.88. The van der Waals surface area contributed by atoms with E-state index >= 15 is 0 Å². The highest BCUT2D eigenvalue weighted by Gasteiger charge is 2.29. The number of ether oxygens (including phenoxy) is 1. The molecule has 140 valence electrons. The van der Waals surface area contributed by atoms with Crippen LogP contribution in [0.2, 0.25) is 5.02 Å². The Balaban J connectivity index is 2.19. The zero-order chi connectivity index (χ0) is 20.6. The zero-order valence-corrected chi connectivity index (χ0v) is 16.8. The van der Waals surface area contributed by atoms with Gasteiger partial charge in [-0.2, -0.15) is 10.5 Å². The second kappa shape index (κ2) is 7.38. The number of allylic oxidation sites excluding steroid dienone is 3. The molecule has 0 atom stereocenters. The highest BCUT2D eigenvalue weighted by Crippen LogP contribution is 2.44. The number of rotatable bonds is 3. The summed E-state index contributed by atoms with van der Waals surface area (Å²) in [5.41, 5.74) is 11.2. The molecule has 0 saturated carbocycles. The van der Waals surface area contributed by atoms with E-state index in [9.17, 15) is 10.5 Å². The Bertz CT molecular complexity index is 1130. The highest BCUT2D eigenvalue weighted by atomic mass is 35.5. The summed E-state index contributed by atoms with van der Waals surface area (Å²) in [4.78, 5) is 4.33. The van der Waals surface area contributed by atoms with E-state index in [0.717, 1.165) is 22.3 Å². The third kappa shape index (κ3) is 3.22. The summed E-state index contributed by atoms with van der Waals surface area (Å²) in [7, 11) is 0. The molecular weight excluding hydrogens is 372 g/mol. The number of benzene rings is 1. The molecule has 2 N–H and O–H groups in total. The topological polar surface area (TPSA) is 95.7 Å². The summed E-state index contributed by atoms with van der Waals surface area (Å²) < 4.78 is 5.68. The second-order valence-corrected chi connectivity index (χ2v) is 7.27. The predicted molar refractivity (Wildman–Crippen MR) is 111 cm³/mol. The van der Waals surface area contributed by atoms with Gasteiger partial charge in [-0.3, -0.25) is 0 Å². The summed E-state index contributed by atoms with van der Waals surface area (Å²) in [5.74, 6) is 0.756. The molecule has 0 fully saturated rings. The minimum atomic E-state index is 0.0235. The molecule has 5 nitrogen and oxygen atoms in total. The molecule has 1 aliphatic carbocycles. The van der Waals surface area contributed by atoms with Crippen LogP contribution in [0, 0.1) is 29.6 Å². The largest absolute Gasteiger partial charge is 0.489 e. The SMILES string of the molecule is CC1=C(C#N)c2nc(N)c(C#N)c(C)c2C1=Cc1ccc(OC(C)C)c(Cl)c1. The summed E-state index contributed by atoms with van der Waals surface area (Å²) in [5, 5.41) is 19.6. The summed E-state index contributed by atoms with van der Waals surface area (Å²) in [6.45, 7) is 7.57. The van der Waals surface area contributed by atoms with Crippen molar-refractivity contribution in [3.8, 4) is 17.9 Å². The third-order valence-electron chi connectivity index (χ3n) is 4.61. The lowest BCUT2D eigenvalue weighted by Gasteiger charge is -2.13. The normalized spacial score (nSPS) is 14.2. The minimum absolute atomic E-state index is 0.0235. The maximum absolute atomic E-state index is 9.62. The lowest BCUT2D eigenvalue weighted by atomic mass is 9.95. The quantitative estimate of drug-likeness (QED) is 0.783. The number of halogens is 1. The molecule has 3 rings (SSSR count). The van der Waals surface area contributed by atoms with Crippen molar-refractivity contribution in [2.75, 3.05) is 5.73 Å². The van der Waals surface area contributed by atoms with E-state index in [-0.39, 0.29) is 11.9 Å². The Morgan fingerprint density at radius 3 is 2.50 bits per heavy atom. The lowest BCUT2D eigenvalue weighted by Crippen LogP contribution is -2.05. The van der Waals surface area contributed by atoms with Gasteiger partial charge in [0.1, 0.15) is 23.7 Å². The predicted octanol–water partition coefficient (Wildman–Crippen LogP) is 5.14. The van der Waals surface area contributed by atoms with Crippen molar-refractivity contribution in [3.63, 3.8) is 0 Å². The zero-order valence-electron chi connectivity index (χ0n) is 16.1. The van der Waals surface area contributed by atoms with Crippen molar-refractivity contribution < 1.29 is 4.74 Å². The first kappa shape index (κ1) is 19.5. The van der Waals surface area contributed by atoms with E-state index in [0.29, 0.717) is 33.2 Å². The fourth-order valence-electron chi connectivity index (χ4n) is 3.32. The van der Waals surface area contributed by atoms with Gasteiger partial charge in [-0.15, -0.1) is 0 Å². The van der Waals surface area contributed by atoms with Crippen molar-refractivity contribution in [1.82, 2.24) is 4.98 Å². The highest BCUT2D eigenvalue weighted by molar-refractivity contribution is 6.32. The lowest BCUT2D eigenvalue weighted by molar-refractivity contribution is 0.242. The number of aromatic nitrogens is 1. The van der Waals surface area contributed by atoms with Crippen LogP contribution in [0.4, 0.5) is 5.82 Å². The Labute approximate surface area is 169 Å². The monoisotopic (exact) mass is 390 g/mol. The molecule has 0 aliphatic heterocycles. The van der Waals surface area contributed by atoms with E-state index in [1.807, 2.05) is 52.0 Å². The van der Waals surface area contributed by atoms with Crippen molar-refractivity contribution in [1.29, 1.82) is 10.5 Å². The van der Waals surface area contributed by atoms with Gasteiger partial charge in [0.2, 0.25) is 0 Å². The molecule has 1 aliphatic rings. The number of nitriles is 2. The molecule has 0 radical (unpaired) electrons. The maximum atomic E-state index is 9.62. The van der Waals surface area contributed by atoms with Crippen LogP contribution in [0.3, 0.4) is 0 Å². The van der Waals surface area contributed by atoms with E-state index in [1.165, 1.54) is 0 Å². The second-order valence-electron chi connectivity index (χ2n) is 6.86. The third-order valence-corrected chi connectivity index (χ3v) is 4.91. The van der Waals surface area contributed by atoms with Crippen molar-refractivity contribution >= 4 is 34.6 Å². The Kier molecular flexibility index (Phi) is 5.14. The number of nitrogens with two attached hydrogens (primary N) is 1. The standard InChI is InChI=1S/C22H19ClN4O/c1-11(2)28-19-6-5-14(8-18(19)23)7-15-12(3)16(9-24)21-20(15)13(4)17(10-25)22(26)27-21/h5-8,11H,1-4H3,(H2,26,27). The van der Waals surface area contributed by atoms with Gasteiger partial charge in [-0.25, -0.2) is 4.98 Å². The fourth-order valence-corrected chi connectivity index (χ4v) is 3.55. The van der Waals surface area contributed by atoms with E-state index < -0.39 is 0 Å². The first-order valence-corrected chi connectivity index (χ1v) is 9.16. The molecule has 0 bridgehead atoms. The van der Waals surface area contributed by atoms with Crippen LogP contribution in [0.25, 0.3) is 17.2 Å². The number of pyridine rings is 1. The smallest absolute Gasteiger partial charge is 0.142 e. The number of nitrogens with zero attached hydrogens (tertiary/aromatic N) is 3. The van der Waals surface area contributed by atoms with E-state index in [1.54, 1.807) is 0 Å². The minimum Gasteiger partial charge on any atom is -0.489 e. The number of hydrogen-bond donors (Lipinski definition) is 1. The molecule has 2 aromatic rings. The molecule has 0 unspecified atom stereocenters. The first-order chi connectivity index (χ1) is 13.3. The fraction of sp³-hybridized carbons (Fsp3) is 0.227. The van der Waals surface area contributed by atoms with Gasteiger partial charge in [-0.05, 0) is 68.2 Å². The van der Waals surface area contributed by atoms with Gasteiger partial charge in [0.05, 0.1) is 28.0 Å². The molecule has 6 heteroatoms. The number of nitrogen functional groups attached to an aromatic ring is 1. The molecular formula is C22H19ClN4O. The summed E-state index contributed by atoms with van der Waals surface area (Å²) in [6, 6.07) is 9.86. The van der Waals surface area contributed by atoms with Crippen LogP contribution in [0.5, 0.6) is 5.75 Å². The van der Waals surface area contributed by atoms with Gasteiger partial charge in [0.15, 0.2) is 0 Å². The van der Waals surface area contributed by atoms with Gasteiger partial charge >= 0.3 is 0 Å². The van der Waals surface area contributed by atoms with Crippen LogP contribution < -0.4 is 10.5 Å². The van der Waals surface area contributed by atoms with Crippen LogP contribution in [0.15, 0.2) is 23.8 Å². The van der Waals surface area contributed by atoms with Gasteiger partial charge in [-0.1, -0.05) is 17.7 Å². The van der Waals surface area contributed by atoms with Crippen molar-refractivity contribution in [2.24, 2.45) is 0 Å². The Hall–Kier alpha value is -3.28. The summed E-state index contributed by atoms with van der Waals surface area (Å²) in [6.07, 6.45) is 1.96. The molecule has 1 aromatic carbocycles. The summed E-state index contributed by atoms with van der Waals surface area (Å²) >= 11 is 6.36. The van der Waals surface area contributed by atoms with Crippen molar-refractivity contribution in [3.05, 3.63) is 56.7 Å². The van der Waals surface area contributed by atoms with E-state index in [2.05, 4.69) is 17.1 Å². The molecule has 28 heavy (non-hydrogen) atoms. The molecule has 0 spiro atoms. The van der Waals surface area contributed by atoms with Gasteiger partial charge in [0.25, 0.3) is 0 Å². The number of fused-ring (bicyclic) bond motifs is 1. The first-order valence-electron chi connectivity index (χ1n) is 8.78. The van der Waals surface area contributed by atoms with Gasteiger partial charge in [0, 0.05) is 5.56 Å². The molecule has 0 amide bonds. The van der Waals surface area contributed by atoms with Crippen LogP contribution in [0.1, 0.15) is 48.7 Å². The van der Waals surface area contributed by atoms with Crippen molar-refractivity contribution in [2.45, 2.75) is 33.8 Å². The van der Waals surface area contributed by atoms with E-state index in [4.69, 9.17) is 22.1 Å².